The zero-order valence-electron chi connectivity index (χ0n) is 12.6. The van der Waals surface area contributed by atoms with Gasteiger partial charge in [-0.25, -0.2) is 0 Å². The number of methoxy groups -OCH3 is 2. The molecule has 1 unspecified atom stereocenters. The van der Waals surface area contributed by atoms with Gasteiger partial charge in [-0.3, -0.25) is 4.90 Å². The number of nitrogens with two attached hydrogens (primary N) is 1. The number of halogens is 1. The molecule has 1 aromatic carbocycles. The predicted octanol–water partition coefficient (Wildman–Crippen LogP) is 2.35. The van der Waals surface area contributed by atoms with Crippen molar-refractivity contribution < 1.29 is 9.47 Å². The standard InChI is InChI=1S/C15H25BrN2O2/c1-12-4-5-13(10-14(12)16)15(11-17)18(6-8-19-2)7-9-20-3/h4-5,10,15H,6-9,11,17H2,1-3H3. The van der Waals surface area contributed by atoms with Crippen molar-refractivity contribution in [3.63, 3.8) is 0 Å². The van der Waals surface area contributed by atoms with E-state index in [-0.39, 0.29) is 6.04 Å². The van der Waals surface area contributed by atoms with Crippen molar-refractivity contribution in [2.45, 2.75) is 13.0 Å². The molecule has 1 rings (SSSR count). The van der Waals surface area contributed by atoms with E-state index in [9.17, 15) is 0 Å². The van der Waals surface area contributed by atoms with Gasteiger partial charge in [0.15, 0.2) is 0 Å². The molecule has 1 atom stereocenters. The molecule has 0 aliphatic rings. The zero-order chi connectivity index (χ0) is 15.0. The molecular weight excluding hydrogens is 320 g/mol. The van der Waals surface area contributed by atoms with Gasteiger partial charge in [0.1, 0.15) is 0 Å². The third-order valence-electron chi connectivity index (χ3n) is 3.41. The summed E-state index contributed by atoms with van der Waals surface area (Å²) in [6.45, 7) is 5.71. The SMILES string of the molecule is COCCN(CCOC)C(CN)c1ccc(C)c(Br)c1. The predicted molar refractivity (Wildman–Crippen MR) is 86.0 cm³/mol. The lowest BCUT2D eigenvalue weighted by Gasteiger charge is -2.31. The largest absolute Gasteiger partial charge is 0.383 e. The highest BCUT2D eigenvalue weighted by Crippen LogP contribution is 2.25. The van der Waals surface area contributed by atoms with E-state index in [1.54, 1.807) is 14.2 Å². The minimum atomic E-state index is 0.178. The van der Waals surface area contributed by atoms with E-state index in [1.165, 1.54) is 11.1 Å². The molecule has 5 heteroatoms. The summed E-state index contributed by atoms with van der Waals surface area (Å²) in [6, 6.07) is 6.59. The number of hydrogen-bond acceptors (Lipinski definition) is 4. The molecule has 0 spiro atoms. The van der Waals surface area contributed by atoms with Crippen LogP contribution in [0.3, 0.4) is 0 Å². The Bertz CT molecular complexity index is 393. The number of aryl methyl sites for hydroxylation is 1. The lowest BCUT2D eigenvalue weighted by atomic mass is 10.0. The maximum Gasteiger partial charge on any atom is 0.0589 e. The van der Waals surface area contributed by atoms with E-state index in [2.05, 4.69) is 46.0 Å². The first-order chi connectivity index (χ1) is 9.63. The number of rotatable bonds is 9. The van der Waals surface area contributed by atoms with Gasteiger partial charge in [-0.2, -0.15) is 0 Å². The van der Waals surface area contributed by atoms with Gasteiger partial charge >= 0.3 is 0 Å². The molecule has 0 fully saturated rings. The Morgan fingerprint density at radius 3 is 2.25 bits per heavy atom. The average Bonchev–Trinajstić information content (AvgIpc) is 2.45. The van der Waals surface area contributed by atoms with E-state index in [0.717, 1.165) is 17.6 Å². The fourth-order valence-electron chi connectivity index (χ4n) is 2.15. The second-order valence-corrected chi connectivity index (χ2v) is 5.64. The molecule has 0 heterocycles. The van der Waals surface area contributed by atoms with Gasteiger partial charge in [0, 0.05) is 44.4 Å². The van der Waals surface area contributed by atoms with Crippen molar-refractivity contribution in [3.05, 3.63) is 33.8 Å². The van der Waals surface area contributed by atoms with Crippen LogP contribution in [0.5, 0.6) is 0 Å². The van der Waals surface area contributed by atoms with E-state index in [4.69, 9.17) is 15.2 Å². The maximum absolute atomic E-state index is 6.00. The molecule has 4 nitrogen and oxygen atoms in total. The Morgan fingerprint density at radius 2 is 1.80 bits per heavy atom. The van der Waals surface area contributed by atoms with Crippen molar-refractivity contribution in [2.75, 3.05) is 47.1 Å². The lowest BCUT2D eigenvalue weighted by molar-refractivity contribution is 0.0891. The Labute approximate surface area is 130 Å². The van der Waals surface area contributed by atoms with Crippen LogP contribution in [0, 0.1) is 6.92 Å². The van der Waals surface area contributed by atoms with Crippen LogP contribution in [0.4, 0.5) is 0 Å². The number of hydrogen-bond donors (Lipinski definition) is 1. The lowest BCUT2D eigenvalue weighted by Crippen LogP contribution is -2.38. The number of ether oxygens (including phenoxy) is 2. The smallest absolute Gasteiger partial charge is 0.0589 e. The van der Waals surface area contributed by atoms with Crippen LogP contribution in [0.25, 0.3) is 0 Å². The van der Waals surface area contributed by atoms with Crippen molar-refractivity contribution in [1.29, 1.82) is 0 Å². The summed E-state index contributed by atoms with van der Waals surface area (Å²) in [7, 11) is 3.43. The third-order valence-corrected chi connectivity index (χ3v) is 4.26. The molecule has 0 aliphatic carbocycles. The molecule has 0 radical (unpaired) electrons. The molecule has 0 saturated heterocycles. The summed E-state index contributed by atoms with van der Waals surface area (Å²) in [5.74, 6) is 0. The summed E-state index contributed by atoms with van der Waals surface area (Å²) < 4.78 is 11.5. The molecule has 0 aromatic heterocycles. The van der Waals surface area contributed by atoms with Crippen LogP contribution in [-0.4, -0.2) is 52.0 Å². The Balaban J connectivity index is 2.88. The molecule has 0 saturated carbocycles. The average molecular weight is 345 g/mol. The van der Waals surface area contributed by atoms with Crippen molar-refractivity contribution in [3.8, 4) is 0 Å². The highest BCUT2D eigenvalue weighted by atomic mass is 79.9. The molecule has 0 bridgehead atoms. The number of benzene rings is 1. The van der Waals surface area contributed by atoms with Crippen LogP contribution in [0.1, 0.15) is 17.2 Å². The third kappa shape index (κ3) is 5.14. The Kier molecular flexibility index (Phi) is 8.33. The Hall–Kier alpha value is -0.460. The zero-order valence-corrected chi connectivity index (χ0v) is 14.1. The van der Waals surface area contributed by atoms with Crippen molar-refractivity contribution in [2.24, 2.45) is 5.73 Å². The first-order valence-electron chi connectivity index (χ1n) is 6.82. The van der Waals surface area contributed by atoms with Gasteiger partial charge in [-0.1, -0.05) is 28.1 Å². The maximum atomic E-state index is 6.00. The van der Waals surface area contributed by atoms with Crippen LogP contribution in [0.15, 0.2) is 22.7 Å². The van der Waals surface area contributed by atoms with E-state index in [1.807, 2.05) is 0 Å². The first kappa shape index (κ1) is 17.6. The second-order valence-electron chi connectivity index (χ2n) is 4.78. The van der Waals surface area contributed by atoms with Crippen LogP contribution < -0.4 is 5.73 Å². The van der Waals surface area contributed by atoms with Gasteiger partial charge in [-0.05, 0) is 24.1 Å². The molecule has 0 aliphatic heterocycles. The van der Waals surface area contributed by atoms with E-state index < -0.39 is 0 Å². The van der Waals surface area contributed by atoms with Gasteiger partial charge in [0.25, 0.3) is 0 Å². The summed E-state index contributed by atoms with van der Waals surface area (Å²) in [4.78, 5) is 2.31. The molecule has 2 N–H and O–H groups in total. The summed E-state index contributed by atoms with van der Waals surface area (Å²) >= 11 is 3.59. The van der Waals surface area contributed by atoms with Gasteiger partial charge in [-0.15, -0.1) is 0 Å². The summed E-state index contributed by atoms with van der Waals surface area (Å²) in [5.41, 5.74) is 8.45. The highest BCUT2D eigenvalue weighted by Gasteiger charge is 2.19. The van der Waals surface area contributed by atoms with Crippen LogP contribution in [0.2, 0.25) is 0 Å². The molecule has 1 aromatic rings. The summed E-state index contributed by atoms with van der Waals surface area (Å²) in [6.07, 6.45) is 0. The van der Waals surface area contributed by atoms with Crippen molar-refractivity contribution in [1.82, 2.24) is 4.90 Å². The number of nitrogens with zero attached hydrogens (tertiary/aromatic N) is 1. The topological polar surface area (TPSA) is 47.7 Å². The monoisotopic (exact) mass is 344 g/mol. The fourth-order valence-corrected chi connectivity index (χ4v) is 2.55. The van der Waals surface area contributed by atoms with Crippen LogP contribution >= 0.6 is 15.9 Å². The molecule has 0 amide bonds. The Morgan fingerprint density at radius 1 is 1.20 bits per heavy atom. The van der Waals surface area contributed by atoms with E-state index in [0.29, 0.717) is 19.8 Å². The van der Waals surface area contributed by atoms with Crippen molar-refractivity contribution >= 4 is 15.9 Å². The minimum Gasteiger partial charge on any atom is -0.383 e. The normalized spacial score (nSPS) is 12.9. The van der Waals surface area contributed by atoms with Crippen LogP contribution in [-0.2, 0) is 9.47 Å². The highest BCUT2D eigenvalue weighted by molar-refractivity contribution is 9.10. The molecular formula is C15H25BrN2O2. The second kappa shape index (κ2) is 9.47. The van der Waals surface area contributed by atoms with E-state index >= 15 is 0 Å². The fraction of sp³-hybridized carbons (Fsp3) is 0.600. The summed E-state index contributed by atoms with van der Waals surface area (Å²) in [5, 5.41) is 0. The van der Waals surface area contributed by atoms with Gasteiger partial charge in [0.2, 0.25) is 0 Å². The first-order valence-corrected chi connectivity index (χ1v) is 7.61. The van der Waals surface area contributed by atoms with Gasteiger partial charge < -0.3 is 15.2 Å². The van der Waals surface area contributed by atoms with Gasteiger partial charge in [0.05, 0.1) is 13.2 Å². The quantitative estimate of drug-likeness (QED) is 0.746. The molecule has 114 valence electrons. The molecule has 20 heavy (non-hydrogen) atoms. The minimum absolute atomic E-state index is 0.178.